The molecule has 2 aromatic heterocycles. The van der Waals surface area contributed by atoms with Crippen molar-refractivity contribution in [1.29, 1.82) is 0 Å². The van der Waals surface area contributed by atoms with Crippen molar-refractivity contribution in [3.63, 3.8) is 0 Å². The van der Waals surface area contributed by atoms with Gasteiger partial charge in [0.2, 0.25) is 0 Å². The molecule has 154 valence electrons. The van der Waals surface area contributed by atoms with Crippen LogP contribution in [0.2, 0.25) is 5.15 Å². The molecule has 3 aromatic rings. The van der Waals surface area contributed by atoms with Gasteiger partial charge < -0.3 is 13.9 Å². The maximum Gasteiger partial charge on any atom is 0.435 e. The van der Waals surface area contributed by atoms with Gasteiger partial charge in [0.05, 0.1) is 28.7 Å². The van der Waals surface area contributed by atoms with Crippen molar-refractivity contribution in [2.24, 2.45) is 0 Å². The number of aromatic nitrogens is 4. The molecule has 0 aliphatic carbocycles. The number of imidazole rings is 1. The number of benzene rings is 1. The molecule has 0 amide bonds. The van der Waals surface area contributed by atoms with E-state index in [-0.39, 0.29) is 5.15 Å². The van der Waals surface area contributed by atoms with Crippen LogP contribution >= 0.6 is 23.4 Å². The molecule has 0 radical (unpaired) electrons. The van der Waals surface area contributed by atoms with E-state index in [0.717, 1.165) is 14.7 Å². The third-order valence-corrected chi connectivity index (χ3v) is 6.00. The Bertz CT molecular complexity index is 1140. The number of hydrogen-bond donors (Lipinski definition) is 0. The highest BCUT2D eigenvalue weighted by Gasteiger charge is 2.27. The fourth-order valence-electron chi connectivity index (χ4n) is 3.01. The maximum absolute atomic E-state index is 12.4. The van der Waals surface area contributed by atoms with Crippen LogP contribution in [0.25, 0.3) is 10.9 Å². The van der Waals surface area contributed by atoms with Gasteiger partial charge in [0.25, 0.3) is 0 Å². The summed E-state index contributed by atoms with van der Waals surface area (Å²) in [6.45, 7) is 5.91. The summed E-state index contributed by atoms with van der Waals surface area (Å²) in [4.78, 5) is 16.6. The molecular weight excluding hydrogens is 438 g/mol. The average molecular weight is 455 g/mol. The van der Waals surface area contributed by atoms with E-state index >= 15 is 0 Å². The molecule has 1 aliphatic heterocycles. The van der Waals surface area contributed by atoms with E-state index in [0.29, 0.717) is 34.1 Å². The fraction of sp³-hybridized carbons (Fsp3) is 0.353. The van der Waals surface area contributed by atoms with Gasteiger partial charge in [-0.25, -0.2) is 9.78 Å². The second kappa shape index (κ2) is 7.31. The smallest absolute Gasteiger partial charge is 0.435 e. The highest BCUT2D eigenvalue weighted by Crippen LogP contribution is 2.40. The van der Waals surface area contributed by atoms with E-state index < -0.39 is 23.0 Å². The number of nitrogens with zero attached hydrogens (tertiary/aromatic N) is 5. The largest absolute Gasteiger partial charge is 0.755 e. The molecule has 3 heterocycles. The number of halogens is 1. The van der Waals surface area contributed by atoms with Crippen LogP contribution in [-0.2, 0) is 22.5 Å². The number of carbonyl (C=O) groups excluding carboxylic acids is 1. The van der Waals surface area contributed by atoms with E-state index in [1.807, 2.05) is 0 Å². The molecule has 12 heteroatoms. The molecule has 4 rings (SSSR count). The van der Waals surface area contributed by atoms with Gasteiger partial charge in [-0.3, -0.25) is 8.51 Å². The Hall–Kier alpha value is -2.08. The summed E-state index contributed by atoms with van der Waals surface area (Å²) in [5.41, 5.74) is 0.193. The Labute approximate surface area is 178 Å². The number of anilines is 2. The van der Waals surface area contributed by atoms with Crippen molar-refractivity contribution in [2.45, 2.75) is 38.1 Å². The van der Waals surface area contributed by atoms with Gasteiger partial charge >= 0.3 is 6.09 Å². The Morgan fingerprint density at radius 3 is 2.86 bits per heavy atom. The van der Waals surface area contributed by atoms with Crippen molar-refractivity contribution >= 4 is 63.1 Å². The Balaban J connectivity index is 1.76. The average Bonchev–Trinajstić information content (AvgIpc) is 3.29. The minimum atomic E-state index is -2.63. The molecule has 0 N–H and O–H groups in total. The van der Waals surface area contributed by atoms with Crippen LogP contribution in [0.4, 0.5) is 16.3 Å². The lowest BCUT2D eigenvalue weighted by atomic mass is 10.2. The molecule has 0 bridgehead atoms. The standard InChI is InChI=1S/C17H18ClN5O4S2/c1-17(2,3)27-16(24)22-12-5-4-11(8-10(12)9-19-22)23(29(25)26)14-13(18)20-15-21(14)6-7-28-15/h4-5,8-9H,6-7H2,1-3H3,(H,25,26)/p-1. The normalized spacial score (nSPS) is 14.8. The topological polar surface area (TPSA) is 105 Å². The summed E-state index contributed by atoms with van der Waals surface area (Å²) in [7, 11) is 0. The Kier molecular flexibility index (Phi) is 5.09. The minimum Gasteiger partial charge on any atom is -0.755 e. The van der Waals surface area contributed by atoms with Crippen molar-refractivity contribution in [1.82, 2.24) is 19.3 Å². The predicted molar refractivity (Wildman–Crippen MR) is 110 cm³/mol. The highest BCUT2D eigenvalue weighted by atomic mass is 35.5. The maximum atomic E-state index is 12.4. The molecule has 1 atom stereocenters. The fourth-order valence-corrected chi connectivity index (χ4v) is 4.93. The summed E-state index contributed by atoms with van der Waals surface area (Å²) >= 11 is 5.12. The molecule has 0 fully saturated rings. The summed E-state index contributed by atoms with van der Waals surface area (Å²) in [6.07, 6.45) is 0.866. The zero-order valence-electron chi connectivity index (χ0n) is 15.8. The van der Waals surface area contributed by atoms with Crippen LogP contribution < -0.4 is 4.31 Å². The number of thioether (sulfide) groups is 1. The second-order valence-corrected chi connectivity index (χ2v) is 9.52. The lowest BCUT2D eigenvalue weighted by molar-refractivity contribution is 0.0522. The van der Waals surface area contributed by atoms with Crippen molar-refractivity contribution in [2.75, 3.05) is 10.1 Å². The molecule has 9 nitrogen and oxygen atoms in total. The molecular formula is C17H17ClN5O4S2-. The molecule has 1 aliphatic rings. The summed E-state index contributed by atoms with van der Waals surface area (Å²) < 4.78 is 33.5. The van der Waals surface area contributed by atoms with Gasteiger partial charge in [0, 0.05) is 17.7 Å². The van der Waals surface area contributed by atoms with Crippen LogP contribution in [0.1, 0.15) is 20.8 Å². The second-order valence-electron chi connectivity index (χ2n) is 7.30. The number of carbonyl (C=O) groups is 1. The summed E-state index contributed by atoms with van der Waals surface area (Å²) in [6, 6.07) is 4.82. The Morgan fingerprint density at radius 2 is 2.17 bits per heavy atom. The van der Waals surface area contributed by atoms with Gasteiger partial charge in [-0.15, -0.1) is 0 Å². The van der Waals surface area contributed by atoms with E-state index in [4.69, 9.17) is 16.3 Å². The number of hydrogen-bond acceptors (Lipinski definition) is 7. The predicted octanol–water partition coefficient (Wildman–Crippen LogP) is 3.71. The summed E-state index contributed by atoms with van der Waals surface area (Å²) in [5, 5.41) is 5.46. The number of rotatable bonds is 3. The van der Waals surface area contributed by atoms with Crippen LogP contribution in [-0.4, -0.2) is 45.5 Å². The molecule has 0 spiro atoms. The lowest BCUT2D eigenvalue weighted by Crippen LogP contribution is -2.27. The van der Waals surface area contributed by atoms with Crippen molar-refractivity contribution < 1.29 is 18.3 Å². The first-order valence-electron chi connectivity index (χ1n) is 8.65. The van der Waals surface area contributed by atoms with Gasteiger partial charge in [-0.05, 0) is 39.0 Å². The van der Waals surface area contributed by atoms with Gasteiger partial charge in [-0.2, -0.15) is 9.78 Å². The first-order valence-corrected chi connectivity index (χ1v) is 11.0. The van der Waals surface area contributed by atoms with Crippen molar-refractivity contribution in [3.05, 3.63) is 29.5 Å². The first-order chi connectivity index (χ1) is 13.7. The molecule has 0 saturated carbocycles. The number of ether oxygens (including phenoxy) is 1. The quantitative estimate of drug-likeness (QED) is 0.555. The zero-order chi connectivity index (χ0) is 20.9. The van der Waals surface area contributed by atoms with Crippen LogP contribution in [0.15, 0.2) is 29.6 Å². The molecule has 1 aromatic carbocycles. The van der Waals surface area contributed by atoms with E-state index in [1.165, 1.54) is 18.0 Å². The molecule has 0 saturated heterocycles. The monoisotopic (exact) mass is 454 g/mol. The molecule has 1 unspecified atom stereocenters. The third kappa shape index (κ3) is 3.75. The van der Waals surface area contributed by atoms with E-state index in [2.05, 4.69) is 10.1 Å². The summed E-state index contributed by atoms with van der Waals surface area (Å²) in [5.74, 6) is 1.09. The van der Waals surface area contributed by atoms with Crippen LogP contribution in [0.5, 0.6) is 0 Å². The third-order valence-electron chi connectivity index (χ3n) is 4.10. The first kappa shape index (κ1) is 20.2. The highest BCUT2D eigenvalue weighted by molar-refractivity contribution is 7.99. The minimum absolute atomic E-state index is 0.112. The van der Waals surface area contributed by atoms with E-state index in [9.17, 15) is 13.6 Å². The SMILES string of the molecule is CC(C)(C)OC(=O)n1ncc2cc(N(c3c(Cl)nc4n3CCS4)S(=O)[O-])ccc21. The van der Waals surface area contributed by atoms with E-state index in [1.54, 1.807) is 43.5 Å². The zero-order valence-corrected chi connectivity index (χ0v) is 18.2. The van der Waals surface area contributed by atoms with Gasteiger partial charge in [-0.1, -0.05) is 23.4 Å². The van der Waals surface area contributed by atoms with Crippen LogP contribution in [0.3, 0.4) is 0 Å². The van der Waals surface area contributed by atoms with Crippen LogP contribution in [0, 0.1) is 0 Å². The number of fused-ring (bicyclic) bond motifs is 2. The molecule has 29 heavy (non-hydrogen) atoms. The Morgan fingerprint density at radius 1 is 1.41 bits per heavy atom. The van der Waals surface area contributed by atoms with Gasteiger partial charge in [0.1, 0.15) is 5.60 Å². The lowest BCUT2D eigenvalue weighted by Gasteiger charge is -2.27. The van der Waals surface area contributed by atoms with Crippen molar-refractivity contribution in [3.8, 4) is 0 Å². The van der Waals surface area contributed by atoms with Gasteiger partial charge in [0.15, 0.2) is 16.1 Å².